The average Bonchev–Trinajstić information content (AvgIpc) is 2.48. The van der Waals surface area contributed by atoms with E-state index < -0.39 is 48.6 Å². The van der Waals surface area contributed by atoms with Gasteiger partial charge in [-0.2, -0.15) is 0 Å². The van der Waals surface area contributed by atoms with Crippen LogP contribution in [0.5, 0.6) is 0 Å². The molecule has 0 radical (unpaired) electrons. The Bertz CT molecular complexity index is 336. The van der Waals surface area contributed by atoms with Crippen LogP contribution in [0.4, 0.5) is 0 Å². The number of rotatable bonds is 9. The molecule has 0 aliphatic heterocycles. The number of hydrogen-bond acceptors (Lipinski definition) is 8. The number of nitrogens with two attached hydrogens (primary N) is 1. The second kappa shape index (κ2) is 8.40. The van der Waals surface area contributed by atoms with E-state index in [2.05, 4.69) is 0 Å². The molecule has 8 nitrogen and oxygen atoms in total. The third-order valence-electron chi connectivity index (χ3n) is 3.35. The van der Waals surface area contributed by atoms with Crippen LogP contribution in [0.3, 0.4) is 0 Å². The van der Waals surface area contributed by atoms with Crippen LogP contribution in [-0.2, 0) is 9.59 Å². The van der Waals surface area contributed by atoms with Crippen molar-refractivity contribution in [3.05, 3.63) is 0 Å². The van der Waals surface area contributed by atoms with Gasteiger partial charge in [0.2, 0.25) is 11.6 Å². The maximum absolute atomic E-state index is 11.6. The number of hydrogen-bond donors (Lipinski definition) is 6. The van der Waals surface area contributed by atoms with Gasteiger partial charge in [-0.15, -0.1) is 0 Å². The molecule has 0 aromatic rings. The topological polar surface area (TPSA) is 161 Å². The summed E-state index contributed by atoms with van der Waals surface area (Å²) in [5.41, 5.74) is 5.65. The van der Waals surface area contributed by atoms with E-state index in [-0.39, 0.29) is 5.92 Å². The molecule has 118 valence electrons. The molecule has 8 heteroatoms. The van der Waals surface area contributed by atoms with Crippen molar-refractivity contribution in [2.75, 3.05) is 6.61 Å². The summed E-state index contributed by atoms with van der Waals surface area (Å²) in [5, 5.41) is 46.3. The van der Waals surface area contributed by atoms with Crippen LogP contribution < -0.4 is 5.73 Å². The van der Waals surface area contributed by atoms with Gasteiger partial charge in [-0.1, -0.05) is 20.3 Å². The molecule has 6 atom stereocenters. The first-order valence-electron chi connectivity index (χ1n) is 6.35. The van der Waals surface area contributed by atoms with Gasteiger partial charge in [-0.05, 0) is 5.92 Å². The highest BCUT2D eigenvalue weighted by Gasteiger charge is 2.38. The molecule has 0 heterocycles. The van der Waals surface area contributed by atoms with E-state index in [9.17, 15) is 24.9 Å². The minimum atomic E-state index is -2.16. The third kappa shape index (κ3) is 4.58. The van der Waals surface area contributed by atoms with E-state index in [1.165, 1.54) is 0 Å². The maximum Gasteiger partial charge on any atom is 0.232 e. The zero-order chi connectivity index (χ0) is 16.0. The first-order chi connectivity index (χ1) is 9.18. The van der Waals surface area contributed by atoms with Gasteiger partial charge in [0.25, 0.3) is 0 Å². The fourth-order valence-electron chi connectivity index (χ4n) is 1.54. The van der Waals surface area contributed by atoms with E-state index in [1.807, 2.05) is 0 Å². The van der Waals surface area contributed by atoms with Crippen molar-refractivity contribution in [2.45, 2.75) is 50.7 Å². The molecule has 0 aromatic carbocycles. The second-order valence-electron chi connectivity index (χ2n) is 4.82. The lowest BCUT2D eigenvalue weighted by Gasteiger charge is -2.27. The average molecular weight is 293 g/mol. The Labute approximate surface area is 116 Å². The molecule has 0 rings (SSSR count). The summed E-state index contributed by atoms with van der Waals surface area (Å²) in [5.74, 6) is -3.15. The molecule has 7 N–H and O–H groups in total. The van der Waals surface area contributed by atoms with Crippen LogP contribution in [0.15, 0.2) is 0 Å². The Hall–Kier alpha value is -0.900. The predicted octanol–water partition coefficient (Wildman–Crippen LogP) is -3.07. The summed E-state index contributed by atoms with van der Waals surface area (Å²) < 4.78 is 0. The van der Waals surface area contributed by atoms with Gasteiger partial charge in [0.1, 0.15) is 24.4 Å². The fourth-order valence-corrected chi connectivity index (χ4v) is 1.54. The van der Waals surface area contributed by atoms with E-state index in [1.54, 1.807) is 13.8 Å². The minimum Gasteiger partial charge on any atom is -0.394 e. The molecule has 0 aromatic heterocycles. The van der Waals surface area contributed by atoms with Crippen LogP contribution in [-0.4, -0.2) is 74.2 Å². The van der Waals surface area contributed by atoms with Crippen molar-refractivity contribution in [2.24, 2.45) is 11.7 Å². The molecular weight excluding hydrogens is 270 g/mol. The number of Topliss-reactive ketones (excluding diaryl/α,β-unsaturated/α-hetero) is 2. The van der Waals surface area contributed by atoms with Crippen LogP contribution in [0.1, 0.15) is 20.3 Å². The second-order valence-corrected chi connectivity index (χ2v) is 4.82. The molecule has 0 bridgehead atoms. The van der Waals surface area contributed by atoms with Gasteiger partial charge < -0.3 is 31.3 Å². The molecule has 0 saturated carbocycles. The van der Waals surface area contributed by atoms with Gasteiger partial charge in [-0.25, -0.2) is 0 Å². The van der Waals surface area contributed by atoms with Crippen LogP contribution >= 0.6 is 0 Å². The summed E-state index contributed by atoms with van der Waals surface area (Å²) in [6, 6.07) is -0.924. The number of aliphatic hydroxyl groups is 5. The van der Waals surface area contributed by atoms with Crippen LogP contribution in [0.25, 0.3) is 0 Å². The highest BCUT2D eigenvalue weighted by atomic mass is 16.4. The van der Waals surface area contributed by atoms with Crippen molar-refractivity contribution in [1.29, 1.82) is 0 Å². The van der Waals surface area contributed by atoms with Gasteiger partial charge in [-0.3, -0.25) is 9.59 Å². The Morgan fingerprint density at radius 2 is 1.50 bits per heavy atom. The number of ketones is 2. The molecule has 2 unspecified atom stereocenters. The molecule has 0 aliphatic carbocycles. The highest BCUT2D eigenvalue weighted by Crippen LogP contribution is 2.13. The van der Waals surface area contributed by atoms with E-state index in [4.69, 9.17) is 15.9 Å². The molecule has 0 aliphatic rings. The Morgan fingerprint density at radius 1 is 1.05 bits per heavy atom. The molecule has 0 fully saturated rings. The molecule has 20 heavy (non-hydrogen) atoms. The fraction of sp³-hybridized carbons (Fsp3) is 0.833. The van der Waals surface area contributed by atoms with Crippen molar-refractivity contribution in [3.63, 3.8) is 0 Å². The van der Waals surface area contributed by atoms with Crippen molar-refractivity contribution >= 4 is 11.6 Å². The van der Waals surface area contributed by atoms with Gasteiger partial charge in [0, 0.05) is 6.04 Å². The Morgan fingerprint density at radius 3 is 1.90 bits per heavy atom. The number of aliphatic hydroxyl groups excluding tert-OH is 5. The lowest BCUT2D eigenvalue weighted by Crippen LogP contribution is -2.53. The quantitative estimate of drug-likeness (QED) is 0.244. The van der Waals surface area contributed by atoms with Gasteiger partial charge in [0.15, 0.2) is 0 Å². The van der Waals surface area contributed by atoms with Gasteiger partial charge >= 0.3 is 0 Å². The highest BCUT2D eigenvalue weighted by molar-refractivity contribution is 6.40. The molecular formula is C12H23NO7. The maximum atomic E-state index is 11.6. The van der Waals surface area contributed by atoms with Crippen molar-refractivity contribution in [1.82, 2.24) is 0 Å². The number of carbonyl (C=O) groups is 2. The standard InChI is InChI=1S/C12H23NO7/c1-3-5(2)7(13)9(17)11(19)12(20)10(18)8(16)6(15)4-14/h5-9,11,14-17,19H,3-4,13H2,1-2H3/t5-,6+,7-,8+,9?,11?/m0/s1. The van der Waals surface area contributed by atoms with Crippen LogP contribution in [0, 0.1) is 5.92 Å². The largest absolute Gasteiger partial charge is 0.394 e. The summed E-state index contributed by atoms with van der Waals surface area (Å²) in [4.78, 5) is 23.1. The Balaban J connectivity index is 4.80. The summed E-state index contributed by atoms with van der Waals surface area (Å²) in [6.07, 6.45) is -7.15. The molecule has 0 amide bonds. The predicted molar refractivity (Wildman–Crippen MR) is 68.6 cm³/mol. The van der Waals surface area contributed by atoms with Gasteiger partial charge in [0.05, 0.1) is 6.61 Å². The summed E-state index contributed by atoms with van der Waals surface area (Å²) >= 11 is 0. The minimum absolute atomic E-state index is 0.199. The first kappa shape index (κ1) is 19.1. The smallest absolute Gasteiger partial charge is 0.232 e. The summed E-state index contributed by atoms with van der Waals surface area (Å²) in [6.45, 7) is 2.58. The monoisotopic (exact) mass is 293 g/mol. The first-order valence-corrected chi connectivity index (χ1v) is 6.35. The zero-order valence-electron chi connectivity index (χ0n) is 11.5. The normalized spacial score (nSPS) is 20.6. The molecule has 0 saturated heterocycles. The van der Waals surface area contributed by atoms with E-state index >= 15 is 0 Å². The molecule has 0 spiro atoms. The lowest BCUT2D eigenvalue weighted by atomic mass is 9.89. The van der Waals surface area contributed by atoms with E-state index in [0.29, 0.717) is 6.42 Å². The summed E-state index contributed by atoms with van der Waals surface area (Å²) in [7, 11) is 0. The lowest BCUT2D eigenvalue weighted by molar-refractivity contribution is -0.154. The Kier molecular flexibility index (Phi) is 8.02. The van der Waals surface area contributed by atoms with Crippen LogP contribution in [0.2, 0.25) is 0 Å². The van der Waals surface area contributed by atoms with Crippen molar-refractivity contribution in [3.8, 4) is 0 Å². The van der Waals surface area contributed by atoms with E-state index in [0.717, 1.165) is 0 Å². The number of carbonyl (C=O) groups excluding carboxylic acids is 2. The third-order valence-corrected chi connectivity index (χ3v) is 3.35. The zero-order valence-corrected chi connectivity index (χ0v) is 11.5. The van der Waals surface area contributed by atoms with Crippen molar-refractivity contribution < 1.29 is 35.1 Å². The SMILES string of the molecule is CC[C@H](C)[C@H](N)C(O)C(O)C(=O)C(=O)[C@H](O)[C@H](O)CO.